The molecule has 3 N–H and O–H groups in total. The fourth-order valence-corrected chi connectivity index (χ4v) is 1.62. The molecule has 1 aromatic carbocycles. The molecule has 1 amide bonds. The third kappa shape index (κ3) is 2.55. The highest BCUT2D eigenvalue weighted by Gasteiger charge is 2.12. The number of amides is 1. The van der Waals surface area contributed by atoms with E-state index in [1.807, 2.05) is 31.2 Å². The molecule has 0 aliphatic rings. The summed E-state index contributed by atoms with van der Waals surface area (Å²) in [5, 5.41) is 5.79. The predicted molar refractivity (Wildman–Crippen MR) is 67.9 cm³/mol. The van der Waals surface area contributed by atoms with Crippen LogP contribution < -0.4 is 10.6 Å². The maximum absolute atomic E-state index is 11.5. The minimum absolute atomic E-state index is 0.0343. The van der Waals surface area contributed by atoms with E-state index < -0.39 is 0 Å². The Morgan fingerprint density at radius 1 is 1.47 bits per heavy atom. The van der Waals surface area contributed by atoms with Gasteiger partial charge in [-0.05, 0) is 26.0 Å². The van der Waals surface area contributed by atoms with Gasteiger partial charge in [-0.1, -0.05) is 12.1 Å². The van der Waals surface area contributed by atoms with Gasteiger partial charge in [0.15, 0.2) is 0 Å². The average molecular weight is 232 g/mol. The maximum Gasteiger partial charge on any atom is 0.242 e. The lowest BCUT2D eigenvalue weighted by molar-refractivity contribution is -0.121. The summed E-state index contributed by atoms with van der Waals surface area (Å²) in [6.45, 7) is 4.33. The van der Waals surface area contributed by atoms with Gasteiger partial charge in [0.05, 0.1) is 11.0 Å². The number of anilines is 1. The molecule has 1 unspecified atom stereocenters. The molecule has 1 heterocycles. The van der Waals surface area contributed by atoms with Crippen molar-refractivity contribution < 1.29 is 4.79 Å². The quantitative estimate of drug-likeness (QED) is 0.748. The van der Waals surface area contributed by atoms with E-state index in [1.54, 1.807) is 6.92 Å². The first-order chi connectivity index (χ1) is 8.20. The smallest absolute Gasteiger partial charge is 0.242 e. The Balaban J connectivity index is 2.10. The van der Waals surface area contributed by atoms with Crippen LogP contribution in [0.25, 0.3) is 11.0 Å². The van der Waals surface area contributed by atoms with Gasteiger partial charge in [0.25, 0.3) is 0 Å². The molecule has 0 spiro atoms. The maximum atomic E-state index is 11.5. The highest BCUT2D eigenvalue weighted by Crippen LogP contribution is 2.13. The average Bonchev–Trinajstić information content (AvgIpc) is 2.71. The number of likely N-dealkylation sites (N-methyl/N-ethyl adjacent to an activating group) is 1. The zero-order valence-corrected chi connectivity index (χ0v) is 9.95. The number of fused-ring (bicyclic) bond motifs is 1. The number of carbonyl (C=O) groups excluding carboxylic acids is 1. The van der Waals surface area contributed by atoms with Crippen LogP contribution >= 0.6 is 0 Å². The highest BCUT2D eigenvalue weighted by atomic mass is 16.2. The van der Waals surface area contributed by atoms with Crippen LogP contribution in [-0.2, 0) is 4.79 Å². The molecule has 0 saturated carbocycles. The molecule has 0 aliphatic carbocycles. The summed E-state index contributed by atoms with van der Waals surface area (Å²) in [7, 11) is 0. The minimum Gasteiger partial charge on any atom is -0.355 e. The van der Waals surface area contributed by atoms with Crippen LogP contribution in [0.1, 0.15) is 13.8 Å². The zero-order valence-electron chi connectivity index (χ0n) is 9.95. The first-order valence-corrected chi connectivity index (χ1v) is 5.69. The van der Waals surface area contributed by atoms with Gasteiger partial charge in [-0.15, -0.1) is 0 Å². The van der Waals surface area contributed by atoms with Crippen molar-refractivity contribution in [3.8, 4) is 0 Å². The lowest BCUT2D eigenvalue weighted by Crippen LogP contribution is -2.37. The summed E-state index contributed by atoms with van der Waals surface area (Å²) >= 11 is 0. The van der Waals surface area contributed by atoms with Gasteiger partial charge in [0.1, 0.15) is 6.04 Å². The van der Waals surface area contributed by atoms with Gasteiger partial charge in [-0.2, -0.15) is 0 Å². The van der Waals surface area contributed by atoms with Crippen molar-refractivity contribution in [2.24, 2.45) is 0 Å². The molecule has 17 heavy (non-hydrogen) atoms. The van der Waals surface area contributed by atoms with Gasteiger partial charge in [-0.25, -0.2) is 4.98 Å². The number of nitrogens with one attached hydrogen (secondary N) is 3. The van der Waals surface area contributed by atoms with Crippen molar-refractivity contribution in [2.75, 3.05) is 11.9 Å². The van der Waals surface area contributed by atoms with Gasteiger partial charge in [0.2, 0.25) is 11.9 Å². The van der Waals surface area contributed by atoms with Crippen molar-refractivity contribution in [1.82, 2.24) is 15.3 Å². The Bertz CT molecular complexity index is 487. The number of benzene rings is 1. The zero-order chi connectivity index (χ0) is 12.3. The third-order valence-electron chi connectivity index (χ3n) is 2.49. The Hall–Kier alpha value is -2.04. The Morgan fingerprint density at radius 3 is 2.94 bits per heavy atom. The molecule has 0 radical (unpaired) electrons. The third-order valence-corrected chi connectivity index (χ3v) is 2.49. The number of imidazole rings is 1. The van der Waals surface area contributed by atoms with Crippen LogP contribution in [0.15, 0.2) is 24.3 Å². The monoisotopic (exact) mass is 232 g/mol. The molecule has 2 aromatic rings. The normalized spacial score (nSPS) is 12.4. The summed E-state index contributed by atoms with van der Waals surface area (Å²) in [4.78, 5) is 19.0. The van der Waals surface area contributed by atoms with Crippen LogP contribution in [-0.4, -0.2) is 28.5 Å². The van der Waals surface area contributed by atoms with E-state index in [0.29, 0.717) is 12.5 Å². The topological polar surface area (TPSA) is 69.8 Å². The Kier molecular flexibility index (Phi) is 3.27. The van der Waals surface area contributed by atoms with Crippen molar-refractivity contribution in [1.29, 1.82) is 0 Å². The summed E-state index contributed by atoms with van der Waals surface area (Å²) in [6.07, 6.45) is 0. The second-order valence-corrected chi connectivity index (χ2v) is 3.86. The summed E-state index contributed by atoms with van der Waals surface area (Å²) in [5.74, 6) is 0.581. The molecule has 0 bridgehead atoms. The van der Waals surface area contributed by atoms with Crippen molar-refractivity contribution in [3.05, 3.63) is 24.3 Å². The first-order valence-electron chi connectivity index (χ1n) is 5.69. The van der Waals surface area contributed by atoms with E-state index in [-0.39, 0.29) is 11.9 Å². The number of aromatic nitrogens is 2. The van der Waals surface area contributed by atoms with Crippen LogP contribution in [0.5, 0.6) is 0 Å². The van der Waals surface area contributed by atoms with Gasteiger partial charge in [0, 0.05) is 6.54 Å². The Labute approximate surface area is 99.6 Å². The number of carbonyl (C=O) groups is 1. The van der Waals surface area contributed by atoms with E-state index in [1.165, 1.54) is 0 Å². The number of H-pyrrole nitrogens is 1. The number of para-hydroxylation sites is 2. The largest absolute Gasteiger partial charge is 0.355 e. The molecule has 5 heteroatoms. The van der Waals surface area contributed by atoms with Crippen LogP contribution in [0, 0.1) is 0 Å². The first kappa shape index (κ1) is 11.4. The summed E-state index contributed by atoms with van der Waals surface area (Å²) in [5.41, 5.74) is 1.84. The van der Waals surface area contributed by atoms with E-state index >= 15 is 0 Å². The molecule has 0 saturated heterocycles. The van der Waals surface area contributed by atoms with Crippen LogP contribution in [0.2, 0.25) is 0 Å². The standard InChI is InChI=1S/C12H16N4O/c1-3-13-11(17)8(2)14-12-15-9-6-4-5-7-10(9)16-12/h4-8H,3H2,1-2H3,(H,13,17)(H2,14,15,16). The number of nitrogens with zero attached hydrogens (tertiary/aromatic N) is 1. The van der Waals surface area contributed by atoms with Gasteiger partial charge >= 0.3 is 0 Å². The summed E-state index contributed by atoms with van der Waals surface area (Å²) < 4.78 is 0. The molecule has 1 atom stereocenters. The molecule has 0 fully saturated rings. The van der Waals surface area contributed by atoms with Gasteiger partial charge < -0.3 is 15.6 Å². The number of hydrogen-bond donors (Lipinski definition) is 3. The van der Waals surface area contributed by atoms with Crippen molar-refractivity contribution >= 4 is 22.9 Å². The van der Waals surface area contributed by atoms with E-state index in [2.05, 4.69) is 20.6 Å². The second kappa shape index (κ2) is 4.86. The molecule has 1 aromatic heterocycles. The van der Waals surface area contributed by atoms with E-state index in [4.69, 9.17) is 0 Å². The number of hydrogen-bond acceptors (Lipinski definition) is 3. The minimum atomic E-state index is -0.310. The van der Waals surface area contributed by atoms with Gasteiger partial charge in [-0.3, -0.25) is 4.79 Å². The highest BCUT2D eigenvalue weighted by molar-refractivity contribution is 5.84. The number of rotatable bonds is 4. The molecule has 5 nitrogen and oxygen atoms in total. The van der Waals surface area contributed by atoms with Crippen LogP contribution in [0.3, 0.4) is 0 Å². The number of aromatic amines is 1. The lowest BCUT2D eigenvalue weighted by Gasteiger charge is -2.11. The molecule has 0 aliphatic heterocycles. The van der Waals surface area contributed by atoms with E-state index in [0.717, 1.165) is 11.0 Å². The predicted octanol–water partition coefficient (Wildman–Crippen LogP) is 1.50. The van der Waals surface area contributed by atoms with E-state index in [9.17, 15) is 4.79 Å². The molecule has 90 valence electrons. The van der Waals surface area contributed by atoms with Crippen molar-refractivity contribution in [2.45, 2.75) is 19.9 Å². The SMILES string of the molecule is CCNC(=O)C(C)Nc1nc2ccccc2[nH]1. The summed E-state index contributed by atoms with van der Waals surface area (Å²) in [6, 6.07) is 7.44. The molecule has 2 rings (SSSR count). The fraction of sp³-hybridized carbons (Fsp3) is 0.333. The fourth-order valence-electron chi connectivity index (χ4n) is 1.62. The molecular weight excluding hydrogens is 216 g/mol. The van der Waals surface area contributed by atoms with Crippen LogP contribution in [0.4, 0.5) is 5.95 Å². The van der Waals surface area contributed by atoms with Crippen molar-refractivity contribution in [3.63, 3.8) is 0 Å². The second-order valence-electron chi connectivity index (χ2n) is 3.86. The molecular formula is C12H16N4O. The Morgan fingerprint density at radius 2 is 2.24 bits per heavy atom. The lowest BCUT2D eigenvalue weighted by atomic mass is 10.3.